The number of nitrogens with one attached hydrogen (secondary N) is 2. The lowest BCUT2D eigenvalue weighted by Crippen LogP contribution is -2.41. The minimum Gasteiger partial charge on any atom is -0.391 e. The molecular weight excluding hydrogens is 330 g/mol. The van der Waals surface area contributed by atoms with E-state index in [9.17, 15) is 14.7 Å². The van der Waals surface area contributed by atoms with Gasteiger partial charge in [0.05, 0.1) is 12.0 Å². The van der Waals surface area contributed by atoms with Gasteiger partial charge in [0.15, 0.2) is 0 Å². The van der Waals surface area contributed by atoms with Crippen molar-refractivity contribution in [1.29, 1.82) is 0 Å². The molecule has 2 amide bonds. The minimum atomic E-state index is -0.388. The van der Waals surface area contributed by atoms with Gasteiger partial charge >= 0.3 is 0 Å². The van der Waals surface area contributed by atoms with Crippen LogP contribution in [0.15, 0.2) is 0 Å². The first-order valence-corrected chi connectivity index (χ1v) is 9.00. The second-order valence-corrected chi connectivity index (χ2v) is 7.59. The van der Waals surface area contributed by atoms with Gasteiger partial charge < -0.3 is 20.6 Å². The van der Waals surface area contributed by atoms with Crippen molar-refractivity contribution in [3.8, 4) is 0 Å². The third-order valence-corrected chi connectivity index (χ3v) is 5.80. The van der Waals surface area contributed by atoms with Crippen LogP contribution in [-0.4, -0.2) is 60.1 Å². The maximum Gasteiger partial charge on any atom is 0.225 e. The van der Waals surface area contributed by atoms with Crippen LogP contribution in [0.3, 0.4) is 0 Å². The lowest BCUT2D eigenvalue weighted by Gasteiger charge is -2.33. The highest BCUT2D eigenvalue weighted by atomic mass is 35.5. The quantitative estimate of drug-likeness (QED) is 0.684. The van der Waals surface area contributed by atoms with Gasteiger partial charge in [0.25, 0.3) is 0 Å². The first kappa shape index (κ1) is 19.5. The summed E-state index contributed by atoms with van der Waals surface area (Å²) >= 11 is 0. The predicted molar refractivity (Wildman–Crippen MR) is 93.9 cm³/mol. The fourth-order valence-electron chi connectivity index (χ4n) is 4.12. The second-order valence-electron chi connectivity index (χ2n) is 7.59. The number of likely N-dealkylation sites (tertiary alicyclic amines) is 1. The van der Waals surface area contributed by atoms with Crippen molar-refractivity contribution in [3.63, 3.8) is 0 Å². The van der Waals surface area contributed by atoms with E-state index in [4.69, 9.17) is 0 Å². The van der Waals surface area contributed by atoms with E-state index >= 15 is 0 Å². The van der Waals surface area contributed by atoms with Crippen molar-refractivity contribution in [2.75, 3.05) is 26.2 Å². The molecule has 3 aliphatic rings. The van der Waals surface area contributed by atoms with Gasteiger partial charge in [-0.2, -0.15) is 0 Å². The fraction of sp³-hybridized carbons (Fsp3) is 0.882. The molecule has 2 heterocycles. The molecule has 3 N–H and O–H groups in total. The van der Waals surface area contributed by atoms with E-state index in [0.717, 1.165) is 25.3 Å². The second kappa shape index (κ2) is 8.50. The number of hydrogen-bond donors (Lipinski definition) is 3. The summed E-state index contributed by atoms with van der Waals surface area (Å²) in [7, 11) is 0. The zero-order valence-electron chi connectivity index (χ0n) is 14.4. The third kappa shape index (κ3) is 4.41. The van der Waals surface area contributed by atoms with Crippen molar-refractivity contribution < 1.29 is 14.7 Å². The summed E-state index contributed by atoms with van der Waals surface area (Å²) in [5.41, 5.74) is 0. The first-order valence-electron chi connectivity index (χ1n) is 9.00. The molecule has 2 saturated heterocycles. The molecule has 0 spiro atoms. The Morgan fingerprint density at radius 3 is 2.62 bits per heavy atom. The number of halogens is 1. The summed E-state index contributed by atoms with van der Waals surface area (Å²) in [6.07, 6.45) is 4.45. The number of aliphatic hydroxyl groups excluding tert-OH is 1. The smallest absolute Gasteiger partial charge is 0.225 e. The molecule has 3 unspecified atom stereocenters. The molecule has 0 aromatic carbocycles. The number of nitrogens with zero attached hydrogens (tertiary/aromatic N) is 1. The number of carbonyl (C=O) groups is 2. The van der Waals surface area contributed by atoms with Gasteiger partial charge in [-0.05, 0) is 31.6 Å². The Morgan fingerprint density at radius 2 is 2.00 bits per heavy atom. The lowest BCUT2D eigenvalue weighted by atomic mass is 9.87. The van der Waals surface area contributed by atoms with Crippen LogP contribution in [0, 0.1) is 17.8 Å². The minimum absolute atomic E-state index is 0. The number of hydrogen-bond acceptors (Lipinski definition) is 4. The highest BCUT2D eigenvalue weighted by Crippen LogP contribution is 2.31. The molecule has 24 heavy (non-hydrogen) atoms. The van der Waals surface area contributed by atoms with Crippen LogP contribution in [0.25, 0.3) is 0 Å². The summed E-state index contributed by atoms with van der Waals surface area (Å²) in [5.74, 6) is 0.700. The molecule has 1 aliphatic carbocycles. The van der Waals surface area contributed by atoms with Crippen molar-refractivity contribution in [1.82, 2.24) is 15.5 Å². The van der Waals surface area contributed by atoms with E-state index in [1.807, 2.05) is 4.90 Å². The zero-order chi connectivity index (χ0) is 16.4. The summed E-state index contributed by atoms with van der Waals surface area (Å²) in [4.78, 5) is 26.6. The molecule has 3 atom stereocenters. The number of β-amino-alcohol motifs (C(OH)–C–C–N with tert-alkyl or cyclic N) is 1. The van der Waals surface area contributed by atoms with Crippen LogP contribution >= 0.6 is 12.4 Å². The van der Waals surface area contributed by atoms with E-state index < -0.39 is 0 Å². The maximum absolute atomic E-state index is 12.3. The highest BCUT2D eigenvalue weighted by Gasteiger charge is 2.39. The SMILES string of the molecule is CC1CCC(N2CC(C(=O)NCC3CNCC3O)CC2=O)CC1.Cl. The van der Waals surface area contributed by atoms with Crippen LogP contribution < -0.4 is 10.6 Å². The fourth-order valence-corrected chi connectivity index (χ4v) is 4.12. The van der Waals surface area contributed by atoms with Gasteiger partial charge in [0, 0.05) is 44.6 Å². The van der Waals surface area contributed by atoms with Gasteiger partial charge in [0.1, 0.15) is 0 Å². The Bertz CT molecular complexity index is 454. The molecule has 0 bridgehead atoms. The molecule has 3 rings (SSSR count). The van der Waals surface area contributed by atoms with Gasteiger partial charge in [-0.25, -0.2) is 0 Å². The van der Waals surface area contributed by atoms with Crippen molar-refractivity contribution >= 4 is 24.2 Å². The molecule has 0 aromatic heterocycles. The normalized spacial score (nSPS) is 36.5. The van der Waals surface area contributed by atoms with Crippen LogP contribution in [0.2, 0.25) is 0 Å². The topological polar surface area (TPSA) is 81.7 Å². The molecule has 0 radical (unpaired) electrons. The van der Waals surface area contributed by atoms with Crippen molar-refractivity contribution in [3.05, 3.63) is 0 Å². The van der Waals surface area contributed by atoms with E-state index in [2.05, 4.69) is 17.6 Å². The average Bonchev–Trinajstić information content (AvgIpc) is 3.12. The van der Waals surface area contributed by atoms with E-state index in [-0.39, 0.29) is 42.2 Å². The molecule has 2 aliphatic heterocycles. The third-order valence-electron chi connectivity index (χ3n) is 5.80. The molecule has 7 heteroatoms. The Morgan fingerprint density at radius 1 is 1.29 bits per heavy atom. The van der Waals surface area contributed by atoms with Crippen molar-refractivity contribution in [2.45, 2.75) is 51.2 Å². The number of aliphatic hydroxyl groups is 1. The van der Waals surface area contributed by atoms with Gasteiger partial charge in [-0.15, -0.1) is 12.4 Å². The van der Waals surface area contributed by atoms with Crippen LogP contribution in [0.5, 0.6) is 0 Å². The van der Waals surface area contributed by atoms with Gasteiger partial charge in [-0.3, -0.25) is 9.59 Å². The number of rotatable bonds is 4. The largest absolute Gasteiger partial charge is 0.391 e. The van der Waals surface area contributed by atoms with Gasteiger partial charge in [0.2, 0.25) is 11.8 Å². The molecule has 138 valence electrons. The number of amides is 2. The first-order chi connectivity index (χ1) is 11.0. The highest BCUT2D eigenvalue weighted by molar-refractivity contribution is 5.89. The molecular formula is C17H30ClN3O3. The summed E-state index contributed by atoms with van der Waals surface area (Å²) < 4.78 is 0. The summed E-state index contributed by atoms with van der Waals surface area (Å²) in [6, 6.07) is 0.331. The van der Waals surface area contributed by atoms with Crippen molar-refractivity contribution in [2.24, 2.45) is 17.8 Å². The Hall–Kier alpha value is -0.850. The lowest BCUT2D eigenvalue weighted by molar-refractivity contribution is -0.131. The standard InChI is InChI=1S/C17H29N3O3.ClH/c1-11-2-4-14(5-3-11)20-10-12(6-16(20)22)17(23)19-8-13-7-18-9-15(13)21;/h11-15,18,21H,2-10H2,1H3,(H,19,23);1H. The maximum atomic E-state index is 12.3. The summed E-state index contributed by atoms with van der Waals surface area (Å²) in [6.45, 7) is 4.64. The van der Waals surface area contributed by atoms with Gasteiger partial charge in [-0.1, -0.05) is 6.92 Å². The average molecular weight is 360 g/mol. The molecule has 6 nitrogen and oxygen atoms in total. The molecule has 1 saturated carbocycles. The van der Waals surface area contributed by atoms with Crippen LogP contribution in [0.1, 0.15) is 39.0 Å². The Balaban J connectivity index is 0.00000208. The Labute approximate surface area is 150 Å². The molecule has 3 fully saturated rings. The monoisotopic (exact) mass is 359 g/mol. The van der Waals surface area contributed by atoms with E-state index in [1.54, 1.807) is 0 Å². The van der Waals surface area contributed by atoms with Crippen LogP contribution in [0.4, 0.5) is 0 Å². The zero-order valence-corrected chi connectivity index (χ0v) is 15.2. The van der Waals surface area contributed by atoms with E-state index in [1.165, 1.54) is 12.8 Å². The molecule has 0 aromatic rings. The number of carbonyl (C=O) groups excluding carboxylic acids is 2. The predicted octanol–water partition coefficient (Wildman–Crippen LogP) is 0.532. The van der Waals surface area contributed by atoms with E-state index in [0.29, 0.717) is 32.1 Å². The van der Waals surface area contributed by atoms with Crippen LogP contribution in [-0.2, 0) is 9.59 Å². The summed E-state index contributed by atoms with van der Waals surface area (Å²) in [5, 5.41) is 15.8. The Kier molecular flexibility index (Phi) is 6.89.